The van der Waals surface area contributed by atoms with Gasteiger partial charge in [-0.1, -0.05) is 13.8 Å². The van der Waals surface area contributed by atoms with E-state index in [1.165, 1.54) is 12.8 Å². The molecule has 0 heterocycles. The van der Waals surface area contributed by atoms with Gasteiger partial charge >= 0.3 is 0 Å². The summed E-state index contributed by atoms with van der Waals surface area (Å²) in [6.07, 6.45) is 4.57. The van der Waals surface area contributed by atoms with Crippen LogP contribution in [0.1, 0.15) is 39.5 Å². The minimum absolute atomic E-state index is 0.262. The summed E-state index contributed by atoms with van der Waals surface area (Å²) in [6.45, 7) is 6.46. The van der Waals surface area contributed by atoms with Crippen LogP contribution in [0.25, 0.3) is 0 Å². The third kappa shape index (κ3) is 4.10. The van der Waals surface area contributed by atoms with Gasteiger partial charge in [-0.25, -0.2) is 0 Å². The van der Waals surface area contributed by atoms with Crippen LogP contribution in [0.4, 0.5) is 0 Å². The van der Waals surface area contributed by atoms with Gasteiger partial charge in [0.2, 0.25) is 0 Å². The van der Waals surface area contributed by atoms with Crippen molar-refractivity contribution in [1.29, 1.82) is 0 Å². The molecule has 0 spiro atoms. The van der Waals surface area contributed by atoms with Gasteiger partial charge in [-0.05, 0) is 37.0 Å². The zero-order valence-electron chi connectivity index (χ0n) is 8.88. The normalized spacial score (nSPS) is 19.4. The van der Waals surface area contributed by atoms with Crippen molar-refractivity contribution < 1.29 is 9.84 Å². The first-order chi connectivity index (χ1) is 6.18. The lowest BCUT2D eigenvalue weighted by Gasteiger charge is -2.11. The summed E-state index contributed by atoms with van der Waals surface area (Å²) < 4.78 is 5.51. The maximum atomic E-state index is 9.05. The van der Waals surface area contributed by atoms with E-state index in [1.54, 1.807) is 0 Å². The second-order valence-corrected chi connectivity index (χ2v) is 4.70. The molecule has 0 aromatic carbocycles. The third-order valence-corrected chi connectivity index (χ3v) is 2.91. The zero-order valence-corrected chi connectivity index (χ0v) is 8.88. The van der Waals surface area contributed by atoms with Crippen molar-refractivity contribution in [3.05, 3.63) is 0 Å². The molecule has 0 radical (unpaired) electrons. The molecule has 0 aliphatic heterocycles. The fourth-order valence-corrected chi connectivity index (χ4v) is 1.37. The minimum Gasteiger partial charge on any atom is -0.396 e. The third-order valence-electron chi connectivity index (χ3n) is 2.91. The van der Waals surface area contributed by atoms with E-state index in [9.17, 15) is 0 Å². The molecule has 2 heteroatoms. The predicted molar refractivity (Wildman–Crippen MR) is 53.6 cm³/mol. The minimum atomic E-state index is 0.262. The number of aliphatic hydroxyl groups is 1. The topological polar surface area (TPSA) is 29.5 Å². The lowest BCUT2D eigenvalue weighted by molar-refractivity contribution is 0.0926. The lowest BCUT2D eigenvalue weighted by Crippen LogP contribution is -2.11. The number of ether oxygens (including phenoxy) is 1. The molecular weight excluding hydrogens is 164 g/mol. The summed E-state index contributed by atoms with van der Waals surface area (Å²) in [7, 11) is 0. The molecule has 0 unspecified atom stereocenters. The van der Waals surface area contributed by atoms with Crippen molar-refractivity contribution >= 4 is 0 Å². The molecule has 1 fully saturated rings. The molecule has 2 nitrogen and oxygen atoms in total. The molecule has 1 saturated carbocycles. The van der Waals surface area contributed by atoms with Crippen LogP contribution in [-0.4, -0.2) is 24.9 Å². The maximum Gasteiger partial charge on any atom is 0.0488 e. The largest absolute Gasteiger partial charge is 0.396 e. The van der Waals surface area contributed by atoms with E-state index in [0.29, 0.717) is 6.61 Å². The van der Waals surface area contributed by atoms with Crippen LogP contribution in [0.3, 0.4) is 0 Å². The average molecular weight is 186 g/mol. The number of aliphatic hydroxyl groups excluding tert-OH is 1. The van der Waals surface area contributed by atoms with Gasteiger partial charge in [0.05, 0.1) is 0 Å². The van der Waals surface area contributed by atoms with E-state index < -0.39 is 0 Å². The molecule has 0 aromatic heterocycles. The molecule has 0 saturated heterocycles. The van der Waals surface area contributed by atoms with Crippen LogP contribution in [0.15, 0.2) is 0 Å². The Morgan fingerprint density at radius 1 is 1.31 bits per heavy atom. The maximum absolute atomic E-state index is 9.05. The van der Waals surface area contributed by atoms with Crippen molar-refractivity contribution in [3.8, 4) is 0 Å². The SMILES string of the molecule is CC(C)CCOCCC1(CO)CC1. The van der Waals surface area contributed by atoms with Gasteiger partial charge in [-0.3, -0.25) is 0 Å². The molecule has 1 rings (SSSR count). The summed E-state index contributed by atoms with van der Waals surface area (Å²) in [5, 5.41) is 9.05. The van der Waals surface area contributed by atoms with E-state index in [2.05, 4.69) is 13.8 Å². The summed E-state index contributed by atoms with van der Waals surface area (Å²) in [4.78, 5) is 0. The first-order valence-electron chi connectivity index (χ1n) is 5.37. The van der Waals surface area contributed by atoms with Crippen molar-refractivity contribution in [2.24, 2.45) is 11.3 Å². The Labute approximate surface area is 81.3 Å². The highest BCUT2D eigenvalue weighted by atomic mass is 16.5. The number of rotatable bonds is 7. The highest BCUT2D eigenvalue weighted by Crippen LogP contribution is 2.48. The molecule has 0 aromatic rings. The van der Waals surface area contributed by atoms with Gasteiger partial charge in [0.25, 0.3) is 0 Å². The molecule has 13 heavy (non-hydrogen) atoms. The Morgan fingerprint density at radius 2 is 2.00 bits per heavy atom. The highest BCUT2D eigenvalue weighted by molar-refractivity contribution is 4.91. The fourth-order valence-electron chi connectivity index (χ4n) is 1.37. The van der Waals surface area contributed by atoms with Gasteiger partial charge in [0.1, 0.15) is 0 Å². The van der Waals surface area contributed by atoms with Crippen LogP contribution >= 0.6 is 0 Å². The summed E-state index contributed by atoms with van der Waals surface area (Å²) >= 11 is 0. The van der Waals surface area contributed by atoms with Crippen molar-refractivity contribution in [2.75, 3.05) is 19.8 Å². The van der Waals surface area contributed by atoms with E-state index in [4.69, 9.17) is 9.84 Å². The molecule has 0 amide bonds. The zero-order chi connectivity index (χ0) is 9.73. The quantitative estimate of drug-likeness (QED) is 0.618. The summed E-state index contributed by atoms with van der Waals surface area (Å²) in [6, 6.07) is 0. The van der Waals surface area contributed by atoms with E-state index in [1.807, 2.05) is 0 Å². The molecule has 0 atom stereocenters. The monoisotopic (exact) mass is 186 g/mol. The fraction of sp³-hybridized carbons (Fsp3) is 1.00. The van der Waals surface area contributed by atoms with Crippen LogP contribution in [-0.2, 0) is 4.74 Å². The highest BCUT2D eigenvalue weighted by Gasteiger charge is 2.41. The van der Waals surface area contributed by atoms with E-state index in [0.717, 1.165) is 32.0 Å². The summed E-state index contributed by atoms with van der Waals surface area (Å²) in [5.74, 6) is 0.729. The van der Waals surface area contributed by atoms with Crippen LogP contribution < -0.4 is 0 Å². The van der Waals surface area contributed by atoms with Crippen LogP contribution in [0, 0.1) is 11.3 Å². The Hall–Kier alpha value is -0.0800. The van der Waals surface area contributed by atoms with Crippen LogP contribution in [0.5, 0.6) is 0 Å². The Morgan fingerprint density at radius 3 is 2.46 bits per heavy atom. The van der Waals surface area contributed by atoms with E-state index in [-0.39, 0.29) is 5.41 Å². The second-order valence-electron chi connectivity index (χ2n) is 4.70. The first-order valence-corrected chi connectivity index (χ1v) is 5.37. The predicted octanol–water partition coefficient (Wildman–Crippen LogP) is 2.21. The van der Waals surface area contributed by atoms with Crippen molar-refractivity contribution in [1.82, 2.24) is 0 Å². The van der Waals surface area contributed by atoms with Gasteiger partial charge in [-0.15, -0.1) is 0 Å². The Kier molecular flexibility index (Phi) is 4.20. The van der Waals surface area contributed by atoms with E-state index >= 15 is 0 Å². The van der Waals surface area contributed by atoms with Gasteiger partial charge in [-0.2, -0.15) is 0 Å². The lowest BCUT2D eigenvalue weighted by atomic mass is 10.1. The average Bonchev–Trinajstić information content (AvgIpc) is 2.84. The number of hydrogen-bond donors (Lipinski definition) is 1. The molecule has 78 valence electrons. The molecule has 0 bridgehead atoms. The standard InChI is InChI=1S/C11H22O2/c1-10(2)3-7-13-8-6-11(9-12)4-5-11/h10,12H,3-9H2,1-2H3. The van der Waals surface area contributed by atoms with Crippen LogP contribution in [0.2, 0.25) is 0 Å². The molecule has 1 aliphatic carbocycles. The number of hydrogen-bond acceptors (Lipinski definition) is 2. The van der Waals surface area contributed by atoms with Gasteiger partial charge < -0.3 is 9.84 Å². The van der Waals surface area contributed by atoms with Crippen molar-refractivity contribution in [3.63, 3.8) is 0 Å². The smallest absolute Gasteiger partial charge is 0.0488 e. The second kappa shape index (κ2) is 4.97. The Balaban J connectivity index is 1.90. The molecular formula is C11H22O2. The first kappa shape index (κ1) is 11.0. The Bertz CT molecular complexity index is 139. The molecule has 1 aliphatic rings. The van der Waals surface area contributed by atoms with Crippen molar-refractivity contribution in [2.45, 2.75) is 39.5 Å². The van der Waals surface area contributed by atoms with Gasteiger partial charge in [0, 0.05) is 19.8 Å². The molecule has 1 N–H and O–H groups in total. The summed E-state index contributed by atoms with van der Waals surface area (Å²) in [5.41, 5.74) is 0.262. The van der Waals surface area contributed by atoms with Gasteiger partial charge in [0.15, 0.2) is 0 Å².